The van der Waals surface area contributed by atoms with E-state index in [1.54, 1.807) is 16.3 Å². The van der Waals surface area contributed by atoms with Gasteiger partial charge in [0.2, 0.25) is 0 Å². The van der Waals surface area contributed by atoms with Crippen molar-refractivity contribution in [1.82, 2.24) is 20.1 Å². The van der Waals surface area contributed by atoms with Crippen LogP contribution in [-0.4, -0.2) is 46.3 Å². The van der Waals surface area contributed by atoms with Gasteiger partial charge in [0.05, 0.1) is 6.61 Å². The Hall–Kier alpha value is -0.790. The standard InChI is InChI=1S/C12H22N4O2S/c1-3-13-10(9-5-6-18-7-9)8-19-12-15-14-11(17)16(12)4-2/h9-10,13H,3-8H2,1-2H3,(H,14,17). The van der Waals surface area contributed by atoms with Crippen LogP contribution in [0.1, 0.15) is 20.3 Å². The topological polar surface area (TPSA) is 71.9 Å². The van der Waals surface area contributed by atoms with Crippen molar-refractivity contribution in [3.05, 3.63) is 10.5 Å². The molecule has 108 valence electrons. The zero-order chi connectivity index (χ0) is 13.7. The Morgan fingerprint density at radius 1 is 1.63 bits per heavy atom. The first kappa shape index (κ1) is 14.6. The molecule has 19 heavy (non-hydrogen) atoms. The minimum Gasteiger partial charge on any atom is -0.381 e. The van der Waals surface area contributed by atoms with Gasteiger partial charge in [-0.1, -0.05) is 18.7 Å². The molecule has 1 fully saturated rings. The summed E-state index contributed by atoms with van der Waals surface area (Å²) in [5.74, 6) is 1.47. The van der Waals surface area contributed by atoms with E-state index in [1.807, 2.05) is 6.92 Å². The van der Waals surface area contributed by atoms with E-state index >= 15 is 0 Å². The van der Waals surface area contributed by atoms with Crippen LogP contribution in [0.3, 0.4) is 0 Å². The predicted octanol–water partition coefficient (Wildman–Crippen LogP) is 0.698. The normalized spacial score (nSPS) is 20.8. The number of nitrogens with zero attached hydrogens (tertiary/aromatic N) is 2. The molecule has 0 spiro atoms. The fraction of sp³-hybridized carbons (Fsp3) is 0.833. The number of nitrogens with one attached hydrogen (secondary N) is 2. The summed E-state index contributed by atoms with van der Waals surface area (Å²) in [5, 5.41) is 10.9. The van der Waals surface area contributed by atoms with Crippen molar-refractivity contribution >= 4 is 11.8 Å². The summed E-state index contributed by atoms with van der Waals surface area (Å²) in [7, 11) is 0. The Labute approximate surface area is 117 Å². The molecule has 1 aromatic rings. The van der Waals surface area contributed by atoms with Crippen molar-refractivity contribution in [3.63, 3.8) is 0 Å². The molecule has 2 N–H and O–H groups in total. The highest BCUT2D eigenvalue weighted by Crippen LogP contribution is 2.22. The van der Waals surface area contributed by atoms with Gasteiger partial charge in [0.15, 0.2) is 5.16 Å². The lowest BCUT2D eigenvalue weighted by Crippen LogP contribution is -2.38. The van der Waals surface area contributed by atoms with E-state index in [1.165, 1.54) is 0 Å². The fourth-order valence-electron chi connectivity index (χ4n) is 2.35. The first-order chi connectivity index (χ1) is 9.26. The molecule has 2 rings (SSSR count). The summed E-state index contributed by atoms with van der Waals surface area (Å²) >= 11 is 1.63. The number of ether oxygens (including phenoxy) is 1. The Balaban J connectivity index is 1.95. The highest BCUT2D eigenvalue weighted by atomic mass is 32.2. The minimum atomic E-state index is -0.130. The molecule has 2 heterocycles. The van der Waals surface area contributed by atoms with Gasteiger partial charge >= 0.3 is 5.69 Å². The van der Waals surface area contributed by atoms with E-state index in [2.05, 4.69) is 22.4 Å². The third-order valence-electron chi connectivity index (χ3n) is 3.43. The maximum Gasteiger partial charge on any atom is 0.343 e. The molecule has 0 saturated carbocycles. The van der Waals surface area contributed by atoms with Crippen molar-refractivity contribution in [2.24, 2.45) is 5.92 Å². The number of H-pyrrole nitrogens is 1. The highest BCUT2D eigenvalue weighted by Gasteiger charge is 2.25. The molecule has 1 saturated heterocycles. The fourth-order valence-corrected chi connectivity index (χ4v) is 3.55. The third-order valence-corrected chi connectivity index (χ3v) is 4.53. The van der Waals surface area contributed by atoms with E-state index in [0.29, 0.717) is 18.5 Å². The largest absolute Gasteiger partial charge is 0.381 e. The molecule has 2 unspecified atom stereocenters. The van der Waals surface area contributed by atoms with Crippen LogP contribution in [0, 0.1) is 5.92 Å². The molecule has 0 amide bonds. The van der Waals surface area contributed by atoms with Gasteiger partial charge in [-0.15, -0.1) is 5.10 Å². The molecule has 7 heteroatoms. The Morgan fingerprint density at radius 3 is 3.11 bits per heavy atom. The van der Waals surface area contributed by atoms with Gasteiger partial charge in [-0.2, -0.15) is 0 Å². The minimum absolute atomic E-state index is 0.130. The summed E-state index contributed by atoms with van der Waals surface area (Å²) < 4.78 is 7.12. The van der Waals surface area contributed by atoms with Gasteiger partial charge < -0.3 is 10.1 Å². The van der Waals surface area contributed by atoms with Gasteiger partial charge in [-0.3, -0.25) is 4.57 Å². The van der Waals surface area contributed by atoms with Gasteiger partial charge in [-0.05, 0) is 19.9 Å². The molecular weight excluding hydrogens is 264 g/mol. The summed E-state index contributed by atoms with van der Waals surface area (Å²) in [5.41, 5.74) is -0.130. The van der Waals surface area contributed by atoms with Crippen molar-refractivity contribution in [2.45, 2.75) is 38.0 Å². The Kier molecular flexibility index (Phi) is 5.47. The average Bonchev–Trinajstić information content (AvgIpc) is 3.04. The molecule has 0 aromatic carbocycles. The third kappa shape index (κ3) is 3.61. The predicted molar refractivity (Wildman–Crippen MR) is 75.6 cm³/mol. The molecule has 0 bridgehead atoms. The van der Waals surface area contributed by atoms with Crippen LogP contribution in [-0.2, 0) is 11.3 Å². The first-order valence-corrected chi connectivity index (χ1v) is 7.84. The quantitative estimate of drug-likeness (QED) is 0.722. The maximum absolute atomic E-state index is 11.5. The monoisotopic (exact) mass is 286 g/mol. The molecular formula is C12H22N4O2S. The van der Waals surface area contributed by atoms with Gasteiger partial charge in [-0.25, -0.2) is 9.89 Å². The summed E-state index contributed by atoms with van der Waals surface area (Å²) in [6.45, 7) is 7.36. The van der Waals surface area contributed by atoms with Crippen LogP contribution in [0.4, 0.5) is 0 Å². The average molecular weight is 286 g/mol. The van der Waals surface area contributed by atoms with E-state index in [-0.39, 0.29) is 5.69 Å². The number of aromatic amines is 1. The van der Waals surface area contributed by atoms with E-state index < -0.39 is 0 Å². The molecule has 1 aliphatic heterocycles. The SMILES string of the molecule is CCNC(CSc1n[nH]c(=O)n1CC)C1CCOC1. The van der Waals surface area contributed by atoms with Crippen LogP contribution < -0.4 is 11.0 Å². The van der Waals surface area contributed by atoms with Crippen LogP contribution in [0.15, 0.2) is 9.95 Å². The second-order valence-corrected chi connectivity index (χ2v) is 5.64. The lowest BCUT2D eigenvalue weighted by atomic mass is 10.0. The number of rotatable bonds is 7. The molecule has 2 atom stereocenters. The second-order valence-electron chi connectivity index (χ2n) is 4.65. The summed E-state index contributed by atoms with van der Waals surface area (Å²) in [6.07, 6.45) is 1.11. The lowest BCUT2D eigenvalue weighted by Gasteiger charge is -2.22. The molecule has 1 aromatic heterocycles. The van der Waals surface area contributed by atoms with Crippen LogP contribution >= 0.6 is 11.8 Å². The first-order valence-electron chi connectivity index (χ1n) is 6.85. The lowest BCUT2D eigenvalue weighted by molar-refractivity contribution is 0.179. The molecule has 0 aliphatic carbocycles. The summed E-state index contributed by atoms with van der Waals surface area (Å²) in [4.78, 5) is 11.5. The summed E-state index contributed by atoms with van der Waals surface area (Å²) in [6, 6.07) is 0.412. The van der Waals surface area contributed by atoms with Crippen LogP contribution in [0.25, 0.3) is 0 Å². The Bertz CT molecular complexity index is 439. The van der Waals surface area contributed by atoms with E-state index in [0.717, 1.165) is 37.1 Å². The highest BCUT2D eigenvalue weighted by molar-refractivity contribution is 7.99. The smallest absolute Gasteiger partial charge is 0.343 e. The van der Waals surface area contributed by atoms with Gasteiger partial charge in [0.25, 0.3) is 0 Å². The van der Waals surface area contributed by atoms with E-state index in [4.69, 9.17) is 4.74 Å². The van der Waals surface area contributed by atoms with Crippen molar-refractivity contribution < 1.29 is 4.74 Å². The van der Waals surface area contributed by atoms with Crippen molar-refractivity contribution in [3.8, 4) is 0 Å². The van der Waals surface area contributed by atoms with Gasteiger partial charge in [0, 0.05) is 30.9 Å². The van der Waals surface area contributed by atoms with Gasteiger partial charge in [0.1, 0.15) is 0 Å². The van der Waals surface area contributed by atoms with E-state index in [9.17, 15) is 4.79 Å². The number of aromatic nitrogens is 3. The maximum atomic E-state index is 11.5. The number of hydrogen-bond donors (Lipinski definition) is 2. The van der Waals surface area contributed by atoms with Crippen LogP contribution in [0.2, 0.25) is 0 Å². The van der Waals surface area contributed by atoms with Crippen molar-refractivity contribution in [2.75, 3.05) is 25.5 Å². The second kappa shape index (κ2) is 7.12. The number of hydrogen-bond acceptors (Lipinski definition) is 5. The molecule has 1 aliphatic rings. The molecule has 0 radical (unpaired) electrons. The van der Waals surface area contributed by atoms with Crippen molar-refractivity contribution in [1.29, 1.82) is 0 Å². The molecule has 6 nitrogen and oxygen atoms in total. The Morgan fingerprint density at radius 2 is 2.47 bits per heavy atom. The van der Waals surface area contributed by atoms with Crippen LogP contribution in [0.5, 0.6) is 0 Å². The number of thioether (sulfide) groups is 1. The zero-order valence-corrected chi connectivity index (χ0v) is 12.3. The zero-order valence-electron chi connectivity index (χ0n) is 11.5.